The Morgan fingerprint density at radius 3 is 2.80 bits per heavy atom. The van der Waals surface area contributed by atoms with Crippen LogP contribution in [0.4, 0.5) is 0 Å². The second-order valence-electron chi connectivity index (χ2n) is 3.28. The first-order valence-corrected chi connectivity index (χ1v) is 4.45. The van der Waals surface area contributed by atoms with Gasteiger partial charge in [-0.15, -0.1) is 11.8 Å². The third-order valence-corrected chi connectivity index (χ3v) is 2.27. The van der Waals surface area contributed by atoms with Crippen molar-refractivity contribution in [1.29, 1.82) is 0 Å². The molecule has 1 unspecified atom stereocenters. The zero-order valence-corrected chi connectivity index (χ0v) is 8.75. The van der Waals surface area contributed by atoms with Crippen LogP contribution in [-0.4, -0.2) is 19.0 Å². The largest absolute Gasteiger partial charge is 0.468 e. The average Bonchev–Trinajstić information content (AvgIpc) is 2.50. The van der Waals surface area contributed by atoms with Gasteiger partial charge < -0.3 is 9.47 Å². The van der Waals surface area contributed by atoms with Crippen LogP contribution in [0.3, 0.4) is 0 Å². The van der Waals surface area contributed by atoms with Crippen LogP contribution in [0.15, 0.2) is 12.3 Å². The van der Waals surface area contributed by atoms with Gasteiger partial charge in [0.1, 0.15) is 5.76 Å². The van der Waals surface area contributed by atoms with Crippen LogP contribution in [0, 0.1) is 17.3 Å². The van der Waals surface area contributed by atoms with Crippen molar-refractivity contribution in [2.75, 3.05) is 7.11 Å². The maximum absolute atomic E-state index is 11.6. The van der Waals surface area contributed by atoms with Crippen LogP contribution in [-0.2, 0) is 19.1 Å². The van der Waals surface area contributed by atoms with E-state index in [-0.39, 0.29) is 18.6 Å². The van der Waals surface area contributed by atoms with E-state index in [1.54, 1.807) is 6.92 Å². The van der Waals surface area contributed by atoms with Crippen molar-refractivity contribution < 1.29 is 19.1 Å². The second kappa shape index (κ2) is 4.18. The first-order chi connectivity index (χ1) is 7.06. The van der Waals surface area contributed by atoms with Crippen molar-refractivity contribution in [3.05, 3.63) is 12.3 Å². The molecule has 80 valence electrons. The van der Waals surface area contributed by atoms with Gasteiger partial charge in [-0.25, -0.2) is 0 Å². The number of carbonyl (C=O) groups excluding carboxylic acids is 2. The van der Waals surface area contributed by atoms with E-state index in [0.717, 1.165) is 0 Å². The van der Waals surface area contributed by atoms with Gasteiger partial charge in [0.05, 0.1) is 7.11 Å². The number of methoxy groups -OCH3 is 1. The van der Waals surface area contributed by atoms with E-state index in [2.05, 4.69) is 23.2 Å². The van der Waals surface area contributed by atoms with Crippen molar-refractivity contribution in [3.8, 4) is 11.8 Å². The molecule has 1 aliphatic heterocycles. The van der Waals surface area contributed by atoms with Crippen LogP contribution in [0.1, 0.15) is 19.8 Å². The Labute approximate surface area is 88.2 Å². The molecule has 4 nitrogen and oxygen atoms in total. The molecular weight excluding hydrogens is 196 g/mol. The topological polar surface area (TPSA) is 52.6 Å². The minimum atomic E-state index is -1.31. The highest BCUT2D eigenvalue weighted by Crippen LogP contribution is 2.39. The van der Waals surface area contributed by atoms with E-state index in [1.807, 2.05) is 0 Å². The fourth-order valence-electron chi connectivity index (χ4n) is 1.47. The van der Waals surface area contributed by atoms with Gasteiger partial charge in [-0.1, -0.05) is 6.58 Å². The standard InChI is InChI=1S/C11H12O4/c1-4-5-6-11(9(12)14-3)7-8(2)15-10(11)13/h2,6-7H2,1,3H3. The Morgan fingerprint density at radius 2 is 2.40 bits per heavy atom. The van der Waals surface area contributed by atoms with Crippen molar-refractivity contribution in [3.63, 3.8) is 0 Å². The molecule has 0 saturated carbocycles. The van der Waals surface area contributed by atoms with Crippen molar-refractivity contribution in [2.45, 2.75) is 19.8 Å². The van der Waals surface area contributed by atoms with Crippen LogP contribution < -0.4 is 0 Å². The summed E-state index contributed by atoms with van der Waals surface area (Å²) in [6.07, 6.45) is 0.251. The molecule has 0 aromatic rings. The van der Waals surface area contributed by atoms with E-state index >= 15 is 0 Å². The highest BCUT2D eigenvalue weighted by Gasteiger charge is 2.53. The molecule has 1 atom stereocenters. The van der Waals surface area contributed by atoms with Gasteiger partial charge in [0.25, 0.3) is 0 Å². The first kappa shape index (κ1) is 11.3. The van der Waals surface area contributed by atoms with Gasteiger partial charge in [-0.2, -0.15) is 0 Å². The van der Waals surface area contributed by atoms with Crippen molar-refractivity contribution in [2.24, 2.45) is 5.41 Å². The van der Waals surface area contributed by atoms with Crippen molar-refractivity contribution >= 4 is 11.9 Å². The number of hydrogen-bond donors (Lipinski definition) is 0. The monoisotopic (exact) mass is 208 g/mol. The van der Waals surface area contributed by atoms with Crippen LogP contribution in [0.25, 0.3) is 0 Å². The molecule has 1 fully saturated rings. The summed E-state index contributed by atoms with van der Waals surface area (Å²) in [5.41, 5.74) is -1.31. The summed E-state index contributed by atoms with van der Waals surface area (Å²) in [6, 6.07) is 0. The lowest BCUT2D eigenvalue weighted by Gasteiger charge is -2.17. The Kier molecular flexibility index (Phi) is 3.15. The summed E-state index contributed by atoms with van der Waals surface area (Å²) >= 11 is 0. The lowest BCUT2D eigenvalue weighted by molar-refractivity contribution is -0.162. The molecule has 0 aromatic carbocycles. The Balaban J connectivity index is 3.04. The number of carbonyl (C=O) groups is 2. The molecule has 0 radical (unpaired) electrons. The molecule has 0 spiro atoms. The molecule has 1 saturated heterocycles. The maximum Gasteiger partial charge on any atom is 0.330 e. The zero-order valence-electron chi connectivity index (χ0n) is 8.75. The van der Waals surface area contributed by atoms with Gasteiger partial charge >= 0.3 is 11.9 Å². The number of esters is 2. The number of cyclic esters (lactones) is 1. The molecule has 0 N–H and O–H groups in total. The Bertz CT molecular complexity index is 372. The molecule has 0 bridgehead atoms. The van der Waals surface area contributed by atoms with Gasteiger partial charge in [0.15, 0.2) is 5.41 Å². The normalized spacial score (nSPS) is 24.1. The summed E-state index contributed by atoms with van der Waals surface area (Å²) < 4.78 is 9.40. The summed E-state index contributed by atoms with van der Waals surface area (Å²) in [5, 5.41) is 0. The van der Waals surface area contributed by atoms with Gasteiger partial charge in [0.2, 0.25) is 0 Å². The van der Waals surface area contributed by atoms with Gasteiger partial charge in [-0.05, 0) is 6.92 Å². The zero-order chi connectivity index (χ0) is 11.5. The van der Waals surface area contributed by atoms with Gasteiger partial charge in [-0.3, -0.25) is 9.59 Å². The lowest BCUT2D eigenvalue weighted by atomic mass is 9.82. The van der Waals surface area contributed by atoms with Crippen LogP contribution in [0.5, 0.6) is 0 Å². The Morgan fingerprint density at radius 1 is 1.73 bits per heavy atom. The molecular formula is C11H12O4. The maximum atomic E-state index is 11.6. The Hall–Kier alpha value is -1.76. The predicted octanol–water partition coefficient (Wildman–Crippen LogP) is 1.02. The van der Waals surface area contributed by atoms with Gasteiger partial charge in [0, 0.05) is 12.8 Å². The third-order valence-electron chi connectivity index (χ3n) is 2.27. The van der Waals surface area contributed by atoms with Crippen LogP contribution >= 0.6 is 0 Å². The summed E-state index contributed by atoms with van der Waals surface area (Å²) in [7, 11) is 1.23. The number of rotatable bonds is 2. The molecule has 0 amide bonds. The number of hydrogen-bond acceptors (Lipinski definition) is 4. The fourth-order valence-corrected chi connectivity index (χ4v) is 1.47. The summed E-state index contributed by atoms with van der Waals surface area (Å²) in [6.45, 7) is 5.16. The molecule has 0 aromatic heterocycles. The first-order valence-electron chi connectivity index (χ1n) is 4.45. The third kappa shape index (κ3) is 1.86. The molecule has 1 rings (SSSR count). The van der Waals surface area contributed by atoms with E-state index in [9.17, 15) is 9.59 Å². The number of ether oxygens (including phenoxy) is 2. The molecule has 1 heterocycles. The smallest absolute Gasteiger partial charge is 0.330 e. The SMILES string of the molecule is C=C1CC(CC#CC)(C(=O)OC)C(=O)O1. The number of allylic oxidation sites excluding steroid dienone is 1. The van der Waals surface area contributed by atoms with Crippen LogP contribution in [0.2, 0.25) is 0 Å². The minimum Gasteiger partial charge on any atom is -0.468 e. The summed E-state index contributed by atoms with van der Waals surface area (Å²) in [4.78, 5) is 23.1. The minimum absolute atomic E-state index is 0.105. The average molecular weight is 208 g/mol. The fraction of sp³-hybridized carbons (Fsp3) is 0.455. The molecule has 0 aliphatic carbocycles. The molecule has 4 heteroatoms. The lowest BCUT2D eigenvalue weighted by Crippen LogP contribution is -2.36. The molecule has 1 aliphatic rings. The van der Waals surface area contributed by atoms with E-state index in [4.69, 9.17) is 4.74 Å². The summed E-state index contributed by atoms with van der Waals surface area (Å²) in [5.74, 6) is 4.38. The second-order valence-corrected chi connectivity index (χ2v) is 3.28. The van der Waals surface area contributed by atoms with E-state index in [0.29, 0.717) is 0 Å². The van der Waals surface area contributed by atoms with E-state index < -0.39 is 17.4 Å². The van der Waals surface area contributed by atoms with E-state index in [1.165, 1.54) is 7.11 Å². The molecule has 15 heavy (non-hydrogen) atoms. The quantitative estimate of drug-likeness (QED) is 0.386. The highest BCUT2D eigenvalue weighted by molar-refractivity contribution is 6.02. The predicted molar refractivity (Wildman–Crippen MR) is 52.4 cm³/mol. The van der Waals surface area contributed by atoms with Crippen molar-refractivity contribution in [1.82, 2.24) is 0 Å². The highest BCUT2D eigenvalue weighted by atomic mass is 16.6.